The van der Waals surface area contributed by atoms with Gasteiger partial charge in [0.1, 0.15) is 5.75 Å². The first-order valence-corrected chi connectivity index (χ1v) is 7.10. The first-order valence-electron chi connectivity index (χ1n) is 6.69. The van der Waals surface area contributed by atoms with Gasteiger partial charge in [-0.3, -0.25) is 10.1 Å². The zero-order chi connectivity index (χ0) is 15.9. The molecule has 0 saturated carbocycles. The molecule has 2 aromatic rings. The summed E-state index contributed by atoms with van der Waals surface area (Å²) in [5, 5.41) is 15.2. The Morgan fingerprint density at radius 1 is 1.18 bits per heavy atom. The molecule has 0 aliphatic carbocycles. The number of carbonyl (C=O) groups excluding carboxylic acids is 1. The lowest BCUT2D eigenvalue weighted by atomic mass is 10.2. The minimum absolute atomic E-state index is 0.0800. The van der Waals surface area contributed by atoms with Crippen molar-refractivity contribution in [3.8, 4) is 5.75 Å². The molecule has 0 spiro atoms. The van der Waals surface area contributed by atoms with Crippen molar-refractivity contribution < 1.29 is 9.90 Å². The Bertz CT molecular complexity index is 712. The Balaban J connectivity index is 1.91. The summed E-state index contributed by atoms with van der Waals surface area (Å²) in [6, 6.07) is 14.6. The number of benzene rings is 2. The Morgan fingerprint density at radius 3 is 2.59 bits per heavy atom. The summed E-state index contributed by atoms with van der Waals surface area (Å²) >= 11 is 5.05. The van der Waals surface area contributed by atoms with Crippen molar-refractivity contribution in [1.29, 1.82) is 0 Å². The van der Waals surface area contributed by atoms with Crippen molar-refractivity contribution in [1.82, 2.24) is 5.32 Å². The van der Waals surface area contributed by atoms with Crippen LogP contribution in [0.3, 0.4) is 0 Å². The molecule has 0 radical (unpaired) electrons. The van der Waals surface area contributed by atoms with Crippen molar-refractivity contribution in [3.63, 3.8) is 0 Å². The second-order valence-corrected chi connectivity index (χ2v) is 5.12. The second-order valence-electron chi connectivity index (χ2n) is 4.71. The fourth-order valence-corrected chi connectivity index (χ4v) is 2.00. The zero-order valence-corrected chi connectivity index (χ0v) is 12.9. The van der Waals surface area contributed by atoms with Gasteiger partial charge in [-0.1, -0.05) is 36.4 Å². The van der Waals surface area contributed by atoms with Gasteiger partial charge in [-0.2, -0.15) is 0 Å². The SMILES string of the molecule is Cc1ccc(NC(=S)NC(=O)/C=C/c2ccccc2)c(O)c1. The van der Waals surface area contributed by atoms with Crippen LogP contribution in [0, 0.1) is 6.92 Å². The Kier molecular flexibility index (Phi) is 5.27. The van der Waals surface area contributed by atoms with Gasteiger partial charge in [-0.05, 0) is 48.5 Å². The summed E-state index contributed by atoms with van der Waals surface area (Å²) in [5.74, 6) is -0.260. The van der Waals surface area contributed by atoms with E-state index in [4.69, 9.17) is 12.2 Å². The van der Waals surface area contributed by atoms with Crippen LogP contribution >= 0.6 is 12.2 Å². The minimum Gasteiger partial charge on any atom is -0.506 e. The number of amides is 1. The number of aryl methyl sites for hydroxylation is 1. The molecule has 3 N–H and O–H groups in total. The van der Waals surface area contributed by atoms with Gasteiger partial charge in [-0.25, -0.2) is 0 Å². The summed E-state index contributed by atoms with van der Waals surface area (Å²) in [4.78, 5) is 11.8. The van der Waals surface area contributed by atoms with Crippen LogP contribution in [0.4, 0.5) is 5.69 Å². The standard InChI is InChI=1S/C17H16N2O2S/c1-12-7-9-14(15(20)11-12)18-17(22)19-16(21)10-8-13-5-3-2-4-6-13/h2-11,20H,1H3,(H2,18,19,21,22)/b10-8+. The van der Waals surface area contributed by atoms with Gasteiger partial charge >= 0.3 is 0 Å². The van der Waals surface area contributed by atoms with E-state index >= 15 is 0 Å². The molecule has 2 rings (SSSR count). The molecule has 5 heteroatoms. The van der Waals surface area contributed by atoms with Gasteiger partial charge in [0.25, 0.3) is 0 Å². The quantitative estimate of drug-likeness (QED) is 0.463. The van der Waals surface area contributed by atoms with Gasteiger partial charge in [0, 0.05) is 6.08 Å². The normalized spacial score (nSPS) is 10.4. The summed E-state index contributed by atoms with van der Waals surface area (Å²) in [5.41, 5.74) is 2.31. The highest BCUT2D eigenvalue weighted by molar-refractivity contribution is 7.80. The molecule has 0 heterocycles. The summed E-state index contributed by atoms with van der Waals surface area (Å²) in [7, 11) is 0. The highest BCUT2D eigenvalue weighted by Crippen LogP contribution is 2.23. The zero-order valence-electron chi connectivity index (χ0n) is 12.0. The first-order chi connectivity index (χ1) is 10.5. The molecule has 1 amide bonds. The molecule has 0 aromatic heterocycles. The lowest BCUT2D eigenvalue weighted by molar-refractivity contribution is -0.115. The van der Waals surface area contributed by atoms with E-state index in [0.717, 1.165) is 11.1 Å². The summed E-state index contributed by atoms with van der Waals surface area (Å²) in [6.45, 7) is 1.87. The van der Waals surface area contributed by atoms with Gasteiger partial charge in [-0.15, -0.1) is 0 Å². The molecule has 0 aliphatic rings. The van der Waals surface area contributed by atoms with Gasteiger partial charge in [0.15, 0.2) is 5.11 Å². The van der Waals surface area contributed by atoms with E-state index in [-0.39, 0.29) is 16.8 Å². The summed E-state index contributed by atoms with van der Waals surface area (Å²) in [6.07, 6.45) is 3.10. The first kappa shape index (κ1) is 15.7. The lowest BCUT2D eigenvalue weighted by Crippen LogP contribution is -2.32. The molecule has 0 bridgehead atoms. The molecule has 0 aliphatic heterocycles. The molecular weight excluding hydrogens is 296 g/mol. The number of carbonyl (C=O) groups is 1. The number of phenols is 1. The average Bonchev–Trinajstić information content (AvgIpc) is 2.49. The fraction of sp³-hybridized carbons (Fsp3) is 0.0588. The molecular formula is C17H16N2O2S. The smallest absolute Gasteiger partial charge is 0.250 e. The molecule has 4 nitrogen and oxygen atoms in total. The van der Waals surface area contributed by atoms with E-state index in [1.807, 2.05) is 43.3 Å². The predicted octanol–water partition coefficient (Wildman–Crippen LogP) is 3.23. The van der Waals surface area contributed by atoms with Crippen molar-refractivity contribution in [2.45, 2.75) is 6.92 Å². The third-order valence-corrected chi connectivity index (χ3v) is 3.07. The van der Waals surface area contributed by atoms with Crippen LogP contribution < -0.4 is 10.6 Å². The van der Waals surface area contributed by atoms with Crippen molar-refractivity contribution in [2.24, 2.45) is 0 Å². The fourth-order valence-electron chi connectivity index (χ4n) is 1.79. The van der Waals surface area contributed by atoms with E-state index in [1.54, 1.807) is 18.2 Å². The lowest BCUT2D eigenvalue weighted by Gasteiger charge is -2.10. The topological polar surface area (TPSA) is 61.4 Å². The Morgan fingerprint density at radius 2 is 1.91 bits per heavy atom. The van der Waals surface area contributed by atoms with Crippen LogP contribution in [-0.2, 0) is 4.79 Å². The number of phenolic OH excluding ortho intramolecular Hbond substituents is 1. The van der Waals surface area contributed by atoms with Crippen LogP contribution in [0.1, 0.15) is 11.1 Å². The van der Waals surface area contributed by atoms with E-state index in [0.29, 0.717) is 5.69 Å². The average molecular weight is 312 g/mol. The Labute approximate surface area is 134 Å². The van der Waals surface area contributed by atoms with Crippen LogP contribution in [0.15, 0.2) is 54.6 Å². The van der Waals surface area contributed by atoms with E-state index in [1.165, 1.54) is 6.08 Å². The van der Waals surface area contributed by atoms with Crippen LogP contribution in [0.5, 0.6) is 5.75 Å². The van der Waals surface area contributed by atoms with Crippen LogP contribution in [0.25, 0.3) is 6.08 Å². The monoisotopic (exact) mass is 312 g/mol. The van der Waals surface area contributed by atoms with Crippen molar-refractivity contribution >= 4 is 35.0 Å². The van der Waals surface area contributed by atoms with Crippen LogP contribution in [-0.4, -0.2) is 16.1 Å². The maximum absolute atomic E-state index is 11.8. The summed E-state index contributed by atoms with van der Waals surface area (Å²) < 4.78 is 0. The van der Waals surface area contributed by atoms with Crippen molar-refractivity contribution in [2.75, 3.05) is 5.32 Å². The highest BCUT2D eigenvalue weighted by atomic mass is 32.1. The van der Waals surface area contributed by atoms with E-state index < -0.39 is 0 Å². The molecule has 0 atom stereocenters. The number of anilines is 1. The largest absolute Gasteiger partial charge is 0.506 e. The molecule has 112 valence electrons. The predicted molar refractivity (Wildman–Crippen MR) is 92.7 cm³/mol. The third kappa shape index (κ3) is 4.71. The second kappa shape index (κ2) is 7.38. The molecule has 0 fully saturated rings. The number of hydrogen-bond donors (Lipinski definition) is 3. The van der Waals surface area contributed by atoms with E-state index in [9.17, 15) is 9.90 Å². The number of rotatable bonds is 3. The van der Waals surface area contributed by atoms with Crippen molar-refractivity contribution in [3.05, 3.63) is 65.7 Å². The minimum atomic E-state index is -0.340. The van der Waals surface area contributed by atoms with Gasteiger partial charge < -0.3 is 10.4 Å². The number of thiocarbonyl (C=S) groups is 1. The maximum atomic E-state index is 11.8. The molecule has 2 aromatic carbocycles. The van der Waals surface area contributed by atoms with Gasteiger partial charge in [0.2, 0.25) is 5.91 Å². The molecule has 22 heavy (non-hydrogen) atoms. The van der Waals surface area contributed by atoms with Gasteiger partial charge in [0.05, 0.1) is 5.69 Å². The Hall–Kier alpha value is -2.66. The maximum Gasteiger partial charge on any atom is 0.250 e. The number of hydrogen-bond acceptors (Lipinski definition) is 3. The number of aromatic hydroxyl groups is 1. The molecule has 0 saturated heterocycles. The van der Waals surface area contributed by atoms with Crippen LogP contribution in [0.2, 0.25) is 0 Å². The molecule has 0 unspecified atom stereocenters. The van der Waals surface area contributed by atoms with E-state index in [2.05, 4.69) is 10.6 Å². The number of nitrogens with one attached hydrogen (secondary N) is 2. The third-order valence-electron chi connectivity index (χ3n) is 2.86. The highest BCUT2D eigenvalue weighted by Gasteiger charge is 2.05.